The van der Waals surface area contributed by atoms with Crippen LogP contribution in [-0.4, -0.2) is 45.1 Å². The van der Waals surface area contributed by atoms with Crippen molar-refractivity contribution in [2.24, 2.45) is 5.92 Å². The van der Waals surface area contributed by atoms with Crippen molar-refractivity contribution >= 4 is 34.4 Å². The zero-order valence-corrected chi connectivity index (χ0v) is 18.9. The molecule has 1 fully saturated rings. The van der Waals surface area contributed by atoms with E-state index in [1.54, 1.807) is 13.0 Å². The molecule has 0 aliphatic carbocycles. The van der Waals surface area contributed by atoms with Gasteiger partial charge in [0.25, 0.3) is 0 Å². The van der Waals surface area contributed by atoms with E-state index in [1.807, 2.05) is 44.3 Å². The molecule has 10 heteroatoms. The van der Waals surface area contributed by atoms with Crippen LogP contribution in [0.15, 0.2) is 36.5 Å². The lowest BCUT2D eigenvalue weighted by atomic mass is 9.95. The Labute approximate surface area is 191 Å². The molecule has 0 bridgehead atoms. The maximum atomic E-state index is 12.5. The fourth-order valence-corrected chi connectivity index (χ4v) is 4.26. The van der Waals surface area contributed by atoms with Gasteiger partial charge in [-0.2, -0.15) is 5.10 Å². The number of amides is 3. The van der Waals surface area contributed by atoms with E-state index in [0.29, 0.717) is 30.9 Å². The van der Waals surface area contributed by atoms with Crippen LogP contribution in [0.3, 0.4) is 0 Å². The molecule has 10 nitrogen and oxygen atoms in total. The lowest BCUT2D eigenvalue weighted by Gasteiger charge is -2.35. The number of carbonyl (C=O) groups excluding carboxylic acids is 3. The average Bonchev–Trinajstić information content (AvgIpc) is 3.36. The number of nitrogens with one attached hydrogen (secondary N) is 5. The topological polar surface area (TPSA) is 133 Å². The maximum absolute atomic E-state index is 12.5. The SMILES string of the molecule is CCC1C(=O)NC(n2nc(C)cc2NC(=O)C(=O)NCCc2c[nH]c3ccccc23)NC1C. The number of hydrogen-bond acceptors (Lipinski definition) is 5. The van der Waals surface area contributed by atoms with Gasteiger partial charge in [0.2, 0.25) is 5.91 Å². The summed E-state index contributed by atoms with van der Waals surface area (Å²) in [7, 11) is 0. The predicted octanol–water partition coefficient (Wildman–Crippen LogP) is 1.56. The maximum Gasteiger partial charge on any atom is 0.314 e. The fourth-order valence-electron chi connectivity index (χ4n) is 4.26. The summed E-state index contributed by atoms with van der Waals surface area (Å²) in [5.41, 5.74) is 2.74. The Balaban J connectivity index is 1.36. The van der Waals surface area contributed by atoms with Crippen molar-refractivity contribution in [2.45, 2.75) is 45.9 Å². The highest BCUT2D eigenvalue weighted by Crippen LogP contribution is 2.21. The summed E-state index contributed by atoms with van der Waals surface area (Å²) in [4.78, 5) is 40.5. The molecule has 2 aromatic heterocycles. The summed E-state index contributed by atoms with van der Waals surface area (Å²) in [6.45, 7) is 6.00. The van der Waals surface area contributed by atoms with Gasteiger partial charge in [0.15, 0.2) is 6.29 Å². The van der Waals surface area contributed by atoms with Crippen LogP contribution in [0.4, 0.5) is 5.82 Å². The number of H-pyrrole nitrogens is 1. The van der Waals surface area contributed by atoms with Crippen LogP contribution >= 0.6 is 0 Å². The number of para-hydroxylation sites is 1. The zero-order valence-electron chi connectivity index (χ0n) is 18.9. The van der Waals surface area contributed by atoms with Crippen LogP contribution in [-0.2, 0) is 20.8 Å². The minimum Gasteiger partial charge on any atom is -0.361 e. The standard InChI is InChI=1S/C23H29N7O3/c1-4-16-14(3)26-23(28-20(16)31)30-19(11-13(2)29-30)27-22(33)21(32)24-10-9-15-12-25-18-8-6-5-7-17(15)18/h5-8,11-12,14,16,23,25-26H,4,9-10H2,1-3H3,(H,24,32)(H,27,33)(H,28,31). The van der Waals surface area contributed by atoms with Gasteiger partial charge in [0.05, 0.1) is 11.6 Å². The van der Waals surface area contributed by atoms with E-state index < -0.39 is 18.1 Å². The number of benzene rings is 1. The second-order valence-corrected chi connectivity index (χ2v) is 8.32. The first kappa shape index (κ1) is 22.5. The first-order chi connectivity index (χ1) is 15.9. The summed E-state index contributed by atoms with van der Waals surface area (Å²) < 4.78 is 1.48. The predicted molar refractivity (Wildman–Crippen MR) is 124 cm³/mol. The molecule has 0 spiro atoms. The van der Waals surface area contributed by atoms with E-state index >= 15 is 0 Å². The van der Waals surface area contributed by atoms with Crippen LogP contribution < -0.4 is 21.3 Å². The number of nitrogens with zero attached hydrogens (tertiary/aromatic N) is 2. The highest BCUT2D eigenvalue weighted by molar-refractivity contribution is 6.39. The molecular weight excluding hydrogens is 422 g/mol. The Kier molecular flexibility index (Phi) is 6.45. The van der Waals surface area contributed by atoms with E-state index in [-0.39, 0.29) is 17.9 Å². The first-order valence-electron chi connectivity index (χ1n) is 11.1. The summed E-state index contributed by atoms with van der Waals surface area (Å²) in [6.07, 6.45) is 2.60. The van der Waals surface area contributed by atoms with Crippen LogP contribution in [0.5, 0.6) is 0 Å². The monoisotopic (exact) mass is 451 g/mol. The Morgan fingerprint density at radius 2 is 2.00 bits per heavy atom. The molecule has 5 N–H and O–H groups in total. The second kappa shape index (κ2) is 9.45. The van der Waals surface area contributed by atoms with Gasteiger partial charge in [-0.15, -0.1) is 0 Å². The van der Waals surface area contributed by atoms with E-state index in [2.05, 4.69) is 31.3 Å². The average molecular weight is 452 g/mol. The molecule has 0 radical (unpaired) electrons. The zero-order chi connectivity index (χ0) is 23.5. The number of aryl methyl sites for hydroxylation is 1. The van der Waals surface area contributed by atoms with E-state index in [0.717, 1.165) is 16.5 Å². The lowest BCUT2D eigenvalue weighted by molar-refractivity contribution is -0.136. The molecule has 174 valence electrons. The molecular formula is C23H29N7O3. The lowest BCUT2D eigenvalue weighted by Crippen LogP contribution is -2.57. The molecule has 33 heavy (non-hydrogen) atoms. The van der Waals surface area contributed by atoms with Crippen molar-refractivity contribution in [1.82, 2.24) is 30.7 Å². The summed E-state index contributed by atoms with van der Waals surface area (Å²) in [5, 5.41) is 16.9. The number of carbonyl (C=O) groups is 3. The minimum atomic E-state index is -0.795. The van der Waals surface area contributed by atoms with Crippen LogP contribution in [0.25, 0.3) is 10.9 Å². The number of aromatic amines is 1. The molecule has 3 atom stereocenters. The molecule has 1 aromatic carbocycles. The number of rotatable bonds is 6. The number of anilines is 1. The van der Waals surface area contributed by atoms with Gasteiger partial charge < -0.3 is 20.9 Å². The van der Waals surface area contributed by atoms with Gasteiger partial charge in [-0.1, -0.05) is 25.1 Å². The molecule has 0 saturated carbocycles. The van der Waals surface area contributed by atoms with Gasteiger partial charge in [0, 0.05) is 35.8 Å². The first-order valence-corrected chi connectivity index (χ1v) is 11.1. The van der Waals surface area contributed by atoms with Crippen molar-refractivity contribution in [1.29, 1.82) is 0 Å². The Morgan fingerprint density at radius 3 is 2.76 bits per heavy atom. The number of fused-ring (bicyclic) bond motifs is 1. The van der Waals surface area contributed by atoms with Crippen LogP contribution in [0, 0.1) is 12.8 Å². The molecule has 3 amide bonds. The molecule has 3 aromatic rings. The van der Waals surface area contributed by atoms with Crippen molar-refractivity contribution in [3.63, 3.8) is 0 Å². The molecule has 1 saturated heterocycles. The van der Waals surface area contributed by atoms with Gasteiger partial charge in [0.1, 0.15) is 5.82 Å². The van der Waals surface area contributed by atoms with Gasteiger partial charge >= 0.3 is 11.8 Å². The number of hydrogen-bond donors (Lipinski definition) is 5. The highest BCUT2D eigenvalue weighted by Gasteiger charge is 2.34. The van der Waals surface area contributed by atoms with Gasteiger partial charge in [-0.25, -0.2) is 4.68 Å². The quantitative estimate of drug-likeness (QED) is 0.363. The Morgan fingerprint density at radius 1 is 1.21 bits per heavy atom. The molecule has 1 aliphatic heterocycles. The van der Waals surface area contributed by atoms with E-state index in [9.17, 15) is 14.4 Å². The molecule has 3 heterocycles. The van der Waals surface area contributed by atoms with Gasteiger partial charge in [-0.3, -0.25) is 19.7 Å². The van der Waals surface area contributed by atoms with Crippen molar-refractivity contribution < 1.29 is 14.4 Å². The van der Waals surface area contributed by atoms with E-state index in [1.165, 1.54) is 4.68 Å². The third-order valence-electron chi connectivity index (χ3n) is 5.98. The van der Waals surface area contributed by atoms with Crippen LogP contribution in [0.1, 0.15) is 37.8 Å². The summed E-state index contributed by atoms with van der Waals surface area (Å²) in [5.74, 6) is -1.42. The number of aromatic nitrogens is 3. The van der Waals surface area contributed by atoms with Crippen molar-refractivity contribution in [3.8, 4) is 0 Å². The van der Waals surface area contributed by atoms with E-state index in [4.69, 9.17) is 0 Å². The summed E-state index contributed by atoms with van der Waals surface area (Å²) in [6, 6.07) is 9.52. The molecule has 1 aliphatic rings. The largest absolute Gasteiger partial charge is 0.361 e. The van der Waals surface area contributed by atoms with Gasteiger partial charge in [-0.05, 0) is 38.3 Å². The highest BCUT2D eigenvalue weighted by atomic mass is 16.2. The van der Waals surface area contributed by atoms with Crippen molar-refractivity contribution in [3.05, 3.63) is 47.8 Å². The fraction of sp³-hybridized carbons (Fsp3) is 0.391. The minimum absolute atomic E-state index is 0.0605. The third kappa shape index (κ3) is 4.75. The van der Waals surface area contributed by atoms with Crippen LogP contribution in [0.2, 0.25) is 0 Å². The summed E-state index contributed by atoms with van der Waals surface area (Å²) >= 11 is 0. The molecule has 3 unspecified atom stereocenters. The Bertz CT molecular complexity index is 1180. The Hall–Kier alpha value is -3.66. The van der Waals surface area contributed by atoms with Crippen molar-refractivity contribution in [2.75, 3.05) is 11.9 Å². The third-order valence-corrected chi connectivity index (χ3v) is 5.98. The molecule has 4 rings (SSSR count). The smallest absolute Gasteiger partial charge is 0.314 e. The normalized spacial score (nSPS) is 20.5. The second-order valence-electron chi connectivity index (χ2n) is 8.32.